The number of thioether (sulfide) groups is 1. The van der Waals surface area contributed by atoms with Crippen molar-refractivity contribution >= 4 is 11.8 Å². The molecule has 2 nitrogen and oxygen atoms in total. The third-order valence-electron chi connectivity index (χ3n) is 3.70. The Kier molecular flexibility index (Phi) is 3.81. The first-order valence-corrected chi connectivity index (χ1v) is 7.15. The van der Waals surface area contributed by atoms with Gasteiger partial charge in [-0.3, -0.25) is 0 Å². The molecule has 0 radical (unpaired) electrons. The maximum absolute atomic E-state index is 10.5. The summed E-state index contributed by atoms with van der Waals surface area (Å²) in [6.07, 6.45) is 3.47. The standard InChI is InChI=1S/C14H20O2S/c1-13(15,14(16)9-5-6-10-14)11-17-12-7-3-2-4-8-12/h2-4,7-8,15-16H,5-6,9-11H2,1H3. The van der Waals surface area contributed by atoms with Gasteiger partial charge < -0.3 is 10.2 Å². The Hall–Kier alpha value is -0.510. The summed E-state index contributed by atoms with van der Waals surface area (Å²) < 4.78 is 0. The Bertz CT molecular complexity index is 356. The SMILES string of the molecule is CC(O)(CSc1ccccc1)C1(O)CCCC1. The molecular weight excluding hydrogens is 232 g/mol. The Morgan fingerprint density at radius 2 is 1.82 bits per heavy atom. The minimum absolute atomic E-state index is 0.535. The molecule has 1 saturated carbocycles. The van der Waals surface area contributed by atoms with Crippen molar-refractivity contribution in [2.24, 2.45) is 0 Å². The van der Waals surface area contributed by atoms with Crippen LogP contribution >= 0.6 is 11.8 Å². The van der Waals surface area contributed by atoms with Crippen molar-refractivity contribution in [2.45, 2.75) is 48.7 Å². The Morgan fingerprint density at radius 3 is 2.41 bits per heavy atom. The number of hydrogen-bond acceptors (Lipinski definition) is 3. The molecule has 0 spiro atoms. The zero-order valence-electron chi connectivity index (χ0n) is 10.2. The second-order valence-corrected chi connectivity index (χ2v) is 6.16. The average Bonchev–Trinajstić information content (AvgIpc) is 2.77. The predicted molar refractivity (Wildman–Crippen MR) is 71.2 cm³/mol. The molecule has 1 aliphatic rings. The molecule has 0 saturated heterocycles. The van der Waals surface area contributed by atoms with Crippen molar-refractivity contribution in [3.05, 3.63) is 30.3 Å². The fourth-order valence-corrected chi connectivity index (χ4v) is 3.44. The summed E-state index contributed by atoms with van der Waals surface area (Å²) in [7, 11) is 0. The highest BCUT2D eigenvalue weighted by molar-refractivity contribution is 7.99. The highest BCUT2D eigenvalue weighted by atomic mass is 32.2. The van der Waals surface area contributed by atoms with Gasteiger partial charge in [0.15, 0.2) is 0 Å². The van der Waals surface area contributed by atoms with Crippen LogP contribution in [0.1, 0.15) is 32.6 Å². The van der Waals surface area contributed by atoms with Gasteiger partial charge in [0.1, 0.15) is 0 Å². The van der Waals surface area contributed by atoms with E-state index < -0.39 is 11.2 Å². The highest BCUT2D eigenvalue weighted by Crippen LogP contribution is 2.40. The minimum atomic E-state index is -1.01. The molecule has 1 fully saturated rings. The third-order valence-corrected chi connectivity index (χ3v) is 5.01. The Morgan fingerprint density at radius 1 is 1.24 bits per heavy atom. The molecule has 1 aliphatic carbocycles. The lowest BCUT2D eigenvalue weighted by molar-refractivity contribution is -0.123. The van der Waals surface area contributed by atoms with Crippen LogP contribution in [0.15, 0.2) is 35.2 Å². The van der Waals surface area contributed by atoms with Crippen molar-refractivity contribution < 1.29 is 10.2 Å². The monoisotopic (exact) mass is 252 g/mol. The van der Waals surface area contributed by atoms with Crippen LogP contribution in [0.4, 0.5) is 0 Å². The molecule has 1 aromatic carbocycles. The van der Waals surface area contributed by atoms with E-state index >= 15 is 0 Å². The van der Waals surface area contributed by atoms with Gasteiger partial charge in [0.05, 0.1) is 11.2 Å². The lowest BCUT2D eigenvalue weighted by atomic mass is 9.84. The first-order valence-electron chi connectivity index (χ1n) is 6.16. The largest absolute Gasteiger partial charge is 0.387 e. The molecule has 17 heavy (non-hydrogen) atoms. The van der Waals surface area contributed by atoms with E-state index in [-0.39, 0.29) is 0 Å². The van der Waals surface area contributed by atoms with Gasteiger partial charge in [-0.25, -0.2) is 0 Å². The fraction of sp³-hybridized carbons (Fsp3) is 0.571. The second-order valence-electron chi connectivity index (χ2n) is 5.11. The van der Waals surface area contributed by atoms with Crippen LogP contribution in [-0.2, 0) is 0 Å². The summed E-state index contributed by atoms with van der Waals surface area (Å²) in [5, 5.41) is 20.9. The van der Waals surface area contributed by atoms with E-state index in [1.807, 2.05) is 30.3 Å². The summed E-state index contributed by atoms with van der Waals surface area (Å²) in [6, 6.07) is 10.0. The van der Waals surface area contributed by atoms with Gasteiger partial charge in [-0.05, 0) is 31.9 Å². The first kappa shape index (κ1) is 12.9. The summed E-state index contributed by atoms with van der Waals surface area (Å²) in [5.74, 6) is 0.535. The van der Waals surface area contributed by atoms with Crippen LogP contribution < -0.4 is 0 Å². The molecule has 1 atom stereocenters. The molecule has 1 aromatic rings. The highest BCUT2D eigenvalue weighted by Gasteiger charge is 2.47. The lowest BCUT2D eigenvalue weighted by Gasteiger charge is -2.38. The van der Waals surface area contributed by atoms with Gasteiger partial charge in [0.25, 0.3) is 0 Å². The summed E-state index contributed by atoms with van der Waals surface area (Å²) in [5.41, 5.74) is -1.90. The zero-order valence-corrected chi connectivity index (χ0v) is 11.0. The Balaban J connectivity index is 1.98. The maximum Gasteiger partial charge on any atom is 0.0998 e. The molecule has 2 N–H and O–H groups in total. The van der Waals surface area contributed by atoms with Gasteiger partial charge in [0.2, 0.25) is 0 Å². The van der Waals surface area contributed by atoms with Crippen LogP contribution in [0.25, 0.3) is 0 Å². The van der Waals surface area contributed by atoms with Gasteiger partial charge in [-0.15, -0.1) is 11.8 Å². The van der Waals surface area contributed by atoms with E-state index in [1.54, 1.807) is 18.7 Å². The molecule has 0 aliphatic heterocycles. The smallest absolute Gasteiger partial charge is 0.0998 e. The van der Waals surface area contributed by atoms with Crippen molar-refractivity contribution in [3.63, 3.8) is 0 Å². The van der Waals surface area contributed by atoms with Gasteiger partial charge >= 0.3 is 0 Å². The molecule has 0 amide bonds. The first-order chi connectivity index (χ1) is 8.04. The van der Waals surface area contributed by atoms with Crippen LogP contribution in [0.2, 0.25) is 0 Å². The quantitative estimate of drug-likeness (QED) is 0.810. The molecule has 0 aromatic heterocycles. The number of rotatable bonds is 4. The molecule has 2 rings (SSSR count). The van der Waals surface area contributed by atoms with Crippen molar-refractivity contribution in [1.82, 2.24) is 0 Å². The summed E-state index contributed by atoms with van der Waals surface area (Å²) in [6.45, 7) is 1.76. The van der Waals surface area contributed by atoms with Crippen LogP contribution in [0.5, 0.6) is 0 Å². The fourth-order valence-electron chi connectivity index (χ4n) is 2.37. The topological polar surface area (TPSA) is 40.5 Å². The number of benzene rings is 1. The predicted octanol–water partition coefficient (Wildman–Crippen LogP) is 2.83. The van der Waals surface area contributed by atoms with Gasteiger partial charge in [-0.2, -0.15) is 0 Å². The zero-order chi connectivity index (χ0) is 12.4. The van der Waals surface area contributed by atoms with E-state index in [1.165, 1.54) is 0 Å². The van der Waals surface area contributed by atoms with Gasteiger partial charge in [-0.1, -0.05) is 31.0 Å². The van der Waals surface area contributed by atoms with E-state index in [2.05, 4.69) is 0 Å². The number of hydrogen-bond donors (Lipinski definition) is 2. The lowest BCUT2D eigenvalue weighted by Crippen LogP contribution is -2.52. The minimum Gasteiger partial charge on any atom is -0.387 e. The average molecular weight is 252 g/mol. The van der Waals surface area contributed by atoms with Crippen molar-refractivity contribution in [1.29, 1.82) is 0 Å². The summed E-state index contributed by atoms with van der Waals surface area (Å²) in [4.78, 5) is 1.13. The van der Waals surface area contributed by atoms with Crippen LogP contribution in [0.3, 0.4) is 0 Å². The molecule has 0 bridgehead atoms. The van der Waals surface area contributed by atoms with Crippen molar-refractivity contribution in [2.75, 3.05) is 5.75 Å². The Labute approximate surface area is 107 Å². The van der Waals surface area contributed by atoms with Gasteiger partial charge in [0, 0.05) is 10.6 Å². The third kappa shape index (κ3) is 2.84. The van der Waals surface area contributed by atoms with E-state index in [0.717, 1.165) is 30.6 Å². The molecular formula is C14H20O2S. The van der Waals surface area contributed by atoms with Crippen LogP contribution in [0, 0.1) is 0 Å². The van der Waals surface area contributed by atoms with E-state index in [0.29, 0.717) is 5.75 Å². The maximum atomic E-state index is 10.5. The van der Waals surface area contributed by atoms with Crippen LogP contribution in [-0.4, -0.2) is 27.2 Å². The molecule has 3 heteroatoms. The normalized spacial score (nSPS) is 22.3. The molecule has 1 unspecified atom stereocenters. The van der Waals surface area contributed by atoms with E-state index in [4.69, 9.17) is 0 Å². The number of aliphatic hydroxyl groups is 2. The summed E-state index contributed by atoms with van der Waals surface area (Å²) >= 11 is 1.60. The molecule has 0 heterocycles. The van der Waals surface area contributed by atoms with Crippen molar-refractivity contribution in [3.8, 4) is 0 Å². The van der Waals surface area contributed by atoms with E-state index in [9.17, 15) is 10.2 Å². The second kappa shape index (κ2) is 5.01. The molecule has 94 valence electrons.